The molecule has 174 valence electrons. The summed E-state index contributed by atoms with van der Waals surface area (Å²) >= 11 is 0. The highest BCUT2D eigenvalue weighted by atomic mass is 16.8. The van der Waals surface area contributed by atoms with Crippen LogP contribution < -0.4 is 5.48 Å². The maximum absolute atomic E-state index is 12.5. The third-order valence-electron chi connectivity index (χ3n) is 4.73. The molecule has 9 nitrogen and oxygen atoms in total. The molecule has 1 fully saturated rings. The number of carbonyl (C=O) groups excluding carboxylic acids is 4. The van der Waals surface area contributed by atoms with E-state index in [4.69, 9.17) is 19.0 Å². The third-order valence-corrected chi connectivity index (χ3v) is 4.73. The van der Waals surface area contributed by atoms with Gasteiger partial charge >= 0.3 is 11.9 Å². The zero-order valence-electron chi connectivity index (χ0n) is 18.1. The maximum atomic E-state index is 12.5. The fourth-order valence-electron chi connectivity index (χ4n) is 3.22. The van der Waals surface area contributed by atoms with Crippen LogP contribution in [0.2, 0.25) is 0 Å². The van der Waals surface area contributed by atoms with Crippen LogP contribution in [0.15, 0.2) is 60.7 Å². The molecule has 0 aliphatic carbocycles. The fourth-order valence-corrected chi connectivity index (χ4v) is 3.22. The Balaban J connectivity index is 1.61. The van der Waals surface area contributed by atoms with Gasteiger partial charge in [0.1, 0.15) is 18.5 Å². The van der Waals surface area contributed by atoms with Gasteiger partial charge in [0.15, 0.2) is 6.29 Å². The summed E-state index contributed by atoms with van der Waals surface area (Å²) in [6, 6.07) is 17.0. The molecular weight excluding hydrogens is 430 g/mol. The van der Waals surface area contributed by atoms with E-state index in [-0.39, 0.29) is 31.7 Å². The SMILES string of the molecule is CC(=O)CC(=O)NOC1C[C@H](OC(=O)c2ccccc2)C[C@H](COC(=O)c2ccccc2)O1. The molecule has 0 aromatic heterocycles. The number of nitrogens with one attached hydrogen (secondary N) is 1. The number of rotatable bonds is 9. The Kier molecular flexibility index (Phi) is 8.68. The number of carbonyl (C=O) groups is 4. The zero-order valence-corrected chi connectivity index (χ0v) is 18.1. The van der Waals surface area contributed by atoms with E-state index in [0.29, 0.717) is 11.1 Å². The summed E-state index contributed by atoms with van der Waals surface area (Å²) < 4.78 is 16.7. The summed E-state index contributed by atoms with van der Waals surface area (Å²) in [5, 5.41) is 0. The average molecular weight is 455 g/mol. The second-order valence-electron chi connectivity index (χ2n) is 7.54. The van der Waals surface area contributed by atoms with E-state index < -0.39 is 36.3 Å². The van der Waals surface area contributed by atoms with Gasteiger partial charge in [0.2, 0.25) is 0 Å². The Morgan fingerprint density at radius 1 is 0.909 bits per heavy atom. The number of ether oxygens (including phenoxy) is 3. The molecule has 3 rings (SSSR count). The Morgan fingerprint density at radius 3 is 2.12 bits per heavy atom. The van der Waals surface area contributed by atoms with Crippen LogP contribution in [0.5, 0.6) is 0 Å². The first-order valence-corrected chi connectivity index (χ1v) is 10.5. The first-order chi connectivity index (χ1) is 15.9. The van der Waals surface area contributed by atoms with Crippen LogP contribution in [0, 0.1) is 0 Å². The predicted molar refractivity (Wildman–Crippen MR) is 115 cm³/mol. The molecule has 2 aromatic carbocycles. The summed E-state index contributed by atoms with van der Waals surface area (Å²) in [4.78, 5) is 52.8. The van der Waals surface area contributed by atoms with Crippen molar-refractivity contribution >= 4 is 23.6 Å². The van der Waals surface area contributed by atoms with Crippen molar-refractivity contribution in [2.24, 2.45) is 0 Å². The first-order valence-electron chi connectivity index (χ1n) is 10.5. The van der Waals surface area contributed by atoms with Gasteiger partial charge in [-0.15, -0.1) is 0 Å². The quantitative estimate of drug-likeness (QED) is 0.348. The van der Waals surface area contributed by atoms with E-state index in [1.54, 1.807) is 60.7 Å². The molecule has 1 amide bonds. The normalized spacial score (nSPS) is 19.8. The summed E-state index contributed by atoms with van der Waals surface area (Å²) in [5.74, 6) is -1.97. The molecule has 0 bridgehead atoms. The van der Waals surface area contributed by atoms with Crippen LogP contribution in [0.25, 0.3) is 0 Å². The number of hydroxylamine groups is 1. The van der Waals surface area contributed by atoms with Gasteiger partial charge in [0, 0.05) is 12.8 Å². The molecule has 1 heterocycles. The average Bonchev–Trinajstić information content (AvgIpc) is 2.82. The molecule has 9 heteroatoms. The van der Waals surface area contributed by atoms with Crippen LogP contribution in [0.4, 0.5) is 0 Å². The minimum absolute atomic E-state index is 0.103. The summed E-state index contributed by atoms with van der Waals surface area (Å²) in [6.45, 7) is 1.18. The van der Waals surface area contributed by atoms with E-state index in [1.165, 1.54) is 6.92 Å². The van der Waals surface area contributed by atoms with Gasteiger partial charge in [-0.05, 0) is 31.2 Å². The van der Waals surface area contributed by atoms with Gasteiger partial charge in [-0.3, -0.25) is 9.59 Å². The number of hydrogen-bond acceptors (Lipinski definition) is 8. The van der Waals surface area contributed by atoms with Crippen molar-refractivity contribution in [1.82, 2.24) is 5.48 Å². The number of amides is 1. The summed E-state index contributed by atoms with van der Waals surface area (Å²) in [5.41, 5.74) is 2.95. The predicted octanol–water partition coefficient (Wildman–Crippen LogP) is 2.60. The lowest BCUT2D eigenvalue weighted by molar-refractivity contribution is -0.243. The lowest BCUT2D eigenvalue weighted by Crippen LogP contribution is -2.44. The van der Waals surface area contributed by atoms with Crippen LogP contribution in [0.3, 0.4) is 0 Å². The molecular formula is C24H25NO8. The van der Waals surface area contributed by atoms with Crippen molar-refractivity contribution in [1.29, 1.82) is 0 Å². The van der Waals surface area contributed by atoms with Crippen molar-refractivity contribution in [3.8, 4) is 0 Å². The van der Waals surface area contributed by atoms with Gasteiger partial charge < -0.3 is 14.2 Å². The van der Waals surface area contributed by atoms with Gasteiger partial charge in [-0.2, -0.15) is 0 Å². The minimum atomic E-state index is -0.969. The maximum Gasteiger partial charge on any atom is 0.338 e. The number of esters is 2. The minimum Gasteiger partial charge on any atom is -0.459 e. The Morgan fingerprint density at radius 2 is 1.52 bits per heavy atom. The number of ketones is 1. The highest BCUT2D eigenvalue weighted by Crippen LogP contribution is 2.24. The van der Waals surface area contributed by atoms with Gasteiger partial charge in [-0.25, -0.2) is 19.9 Å². The third kappa shape index (κ3) is 7.81. The molecule has 33 heavy (non-hydrogen) atoms. The van der Waals surface area contributed by atoms with Gasteiger partial charge in [0.25, 0.3) is 5.91 Å². The van der Waals surface area contributed by atoms with Gasteiger partial charge in [0.05, 0.1) is 23.7 Å². The topological polar surface area (TPSA) is 117 Å². The molecule has 0 spiro atoms. The number of hydrogen-bond donors (Lipinski definition) is 1. The molecule has 2 aromatic rings. The van der Waals surface area contributed by atoms with Crippen LogP contribution in [0.1, 0.15) is 46.9 Å². The highest BCUT2D eigenvalue weighted by Gasteiger charge is 2.34. The van der Waals surface area contributed by atoms with Crippen molar-refractivity contribution in [2.75, 3.05) is 6.61 Å². The van der Waals surface area contributed by atoms with E-state index >= 15 is 0 Å². The number of Topliss-reactive ketones (excluding diaryl/α,β-unsaturated/α-hetero) is 1. The Hall–Kier alpha value is -3.56. The van der Waals surface area contributed by atoms with E-state index in [1.807, 2.05) is 0 Å². The van der Waals surface area contributed by atoms with Crippen molar-refractivity contribution in [3.63, 3.8) is 0 Å². The second kappa shape index (κ2) is 11.9. The van der Waals surface area contributed by atoms with Gasteiger partial charge in [-0.1, -0.05) is 36.4 Å². The van der Waals surface area contributed by atoms with Crippen molar-refractivity contribution in [3.05, 3.63) is 71.8 Å². The first kappa shape index (κ1) is 24.1. The second-order valence-corrected chi connectivity index (χ2v) is 7.54. The number of benzene rings is 2. The molecule has 0 saturated carbocycles. The zero-order chi connectivity index (χ0) is 23.6. The lowest BCUT2D eigenvalue weighted by Gasteiger charge is -2.34. The Bertz CT molecular complexity index is 963. The van der Waals surface area contributed by atoms with Crippen LogP contribution in [-0.4, -0.2) is 48.7 Å². The molecule has 1 N–H and O–H groups in total. The summed E-state index contributed by atoms with van der Waals surface area (Å²) in [7, 11) is 0. The van der Waals surface area contributed by atoms with Crippen LogP contribution >= 0.6 is 0 Å². The lowest BCUT2D eigenvalue weighted by atomic mass is 10.1. The van der Waals surface area contributed by atoms with E-state index in [2.05, 4.69) is 5.48 Å². The summed E-state index contributed by atoms with van der Waals surface area (Å²) in [6.07, 6.45) is -2.15. The van der Waals surface area contributed by atoms with E-state index in [0.717, 1.165) is 0 Å². The molecule has 1 saturated heterocycles. The largest absolute Gasteiger partial charge is 0.459 e. The molecule has 1 aliphatic heterocycles. The van der Waals surface area contributed by atoms with Crippen molar-refractivity contribution < 1.29 is 38.2 Å². The van der Waals surface area contributed by atoms with E-state index in [9.17, 15) is 19.2 Å². The standard InChI is InChI=1S/C24H25NO8/c1-16(26)12-21(27)25-33-22-14-19(32-24(29)18-10-6-3-7-11-18)13-20(31-22)15-30-23(28)17-8-4-2-5-9-17/h2-11,19-20,22H,12-15H2,1H3,(H,25,27)/t19-,20-,22?/m1/s1. The molecule has 1 aliphatic rings. The van der Waals surface area contributed by atoms with Crippen LogP contribution in [-0.2, 0) is 28.6 Å². The monoisotopic (exact) mass is 455 g/mol. The Labute approximate surface area is 190 Å². The molecule has 0 radical (unpaired) electrons. The molecule has 3 atom stereocenters. The van der Waals surface area contributed by atoms with Crippen molar-refractivity contribution in [2.45, 2.75) is 44.7 Å². The molecule has 1 unspecified atom stereocenters. The highest BCUT2D eigenvalue weighted by molar-refractivity contribution is 5.96. The fraction of sp³-hybridized carbons (Fsp3) is 0.333. The smallest absolute Gasteiger partial charge is 0.338 e.